The lowest BCUT2D eigenvalue weighted by Gasteiger charge is -2.38. The standard InChI is InChI=1S/C25H32N2O6/c1-29-17-25(28)27(20-5-7-21(30-2)23(15-20)31-3)19-8-10-26(11-9-19)16-18-4-6-22-24(14-18)33-13-12-32-22/h4-7,14-15,19H,8-13,16-17H2,1-3H3. The minimum atomic E-state index is -0.0602. The number of amides is 1. The predicted molar refractivity (Wildman–Crippen MR) is 125 cm³/mol. The highest BCUT2D eigenvalue weighted by atomic mass is 16.6. The predicted octanol–water partition coefficient (Wildman–Crippen LogP) is 3.12. The molecule has 1 amide bonds. The summed E-state index contributed by atoms with van der Waals surface area (Å²) in [4.78, 5) is 17.3. The summed E-state index contributed by atoms with van der Waals surface area (Å²) in [6.45, 7) is 3.84. The molecular formula is C25H32N2O6. The molecule has 8 heteroatoms. The van der Waals surface area contributed by atoms with E-state index in [2.05, 4.69) is 17.0 Å². The van der Waals surface area contributed by atoms with Gasteiger partial charge < -0.3 is 28.6 Å². The fourth-order valence-corrected chi connectivity index (χ4v) is 4.51. The van der Waals surface area contributed by atoms with Crippen molar-refractivity contribution in [3.05, 3.63) is 42.0 Å². The van der Waals surface area contributed by atoms with E-state index in [1.165, 1.54) is 5.56 Å². The molecule has 2 aliphatic rings. The van der Waals surface area contributed by atoms with Crippen molar-refractivity contribution in [1.82, 2.24) is 4.90 Å². The second kappa shape index (κ2) is 10.8. The maximum atomic E-state index is 13.0. The number of methoxy groups -OCH3 is 3. The first-order valence-corrected chi connectivity index (χ1v) is 11.3. The normalized spacial score (nSPS) is 16.3. The Bertz CT molecular complexity index is 958. The topological polar surface area (TPSA) is 69.7 Å². The number of carbonyl (C=O) groups excluding carboxylic acids is 1. The number of hydrogen-bond donors (Lipinski definition) is 0. The molecule has 2 aromatic rings. The molecule has 0 N–H and O–H groups in total. The summed E-state index contributed by atoms with van der Waals surface area (Å²) >= 11 is 0. The molecule has 1 fully saturated rings. The molecule has 0 radical (unpaired) electrons. The van der Waals surface area contributed by atoms with E-state index in [1.54, 1.807) is 21.3 Å². The maximum Gasteiger partial charge on any atom is 0.253 e. The van der Waals surface area contributed by atoms with Gasteiger partial charge in [0.05, 0.1) is 14.2 Å². The van der Waals surface area contributed by atoms with Gasteiger partial charge in [-0.05, 0) is 42.7 Å². The van der Waals surface area contributed by atoms with E-state index in [0.717, 1.165) is 49.7 Å². The first kappa shape index (κ1) is 23.2. The molecule has 8 nitrogen and oxygen atoms in total. The molecule has 0 bridgehead atoms. The van der Waals surface area contributed by atoms with Crippen LogP contribution in [-0.4, -0.2) is 71.1 Å². The van der Waals surface area contributed by atoms with Crippen LogP contribution in [0.3, 0.4) is 0 Å². The smallest absolute Gasteiger partial charge is 0.253 e. The molecule has 2 aromatic carbocycles. The number of piperidine rings is 1. The Morgan fingerprint density at radius 1 is 0.970 bits per heavy atom. The zero-order valence-electron chi connectivity index (χ0n) is 19.5. The van der Waals surface area contributed by atoms with Crippen LogP contribution in [0.4, 0.5) is 5.69 Å². The summed E-state index contributed by atoms with van der Waals surface area (Å²) in [6.07, 6.45) is 1.74. The highest BCUT2D eigenvalue weighted by Gasteiger charge is 2.30. The Morgan fingerprint density at radius 3 is 2.39 bits per heavy atom. The average Bonchev–Trinajstić information content (AvgIpc) is 2.85. The third-order valence-electron chi connectivity index (χ3n) is 6.12. The summed E-state index contributed by atoms with van der Waals surface area (Å²) in [5.74, 6) is 2.80. The van der Waals surface area contributed by atoms with Crippen LogP contribution >= 0.6 is 0 Å². The molecule has 0 atom stereocenters. The number of nitrogens with zero attached hydrogens (tertiary/aromatic N) is 2. The number of likely N-dealkylation sites (tertiary alicyclic amines) is 1. The van der Waals surface area contributed by atoms with Crippen molar-refractivity contribution in [2.45, 2.75) is 25.4 Å². The second-order valence-electron chi connectivity index (χ2n) is 8.22. The highest BCUT2D eigenvalue weighted by Crippen LogP contribution is 2.34. The number of carbonyl (C=O) groups is 1. The molecule has 33 heavy (non-hydrogen) atoms. The minimum absolute atomic E-state index is 0.0335. The van der Waals surface area contributed by atoms with E-state index in [4.69, 9.17) is 23.7 Å². The van der Waals surface area contributed by atoms with Crippen molar-refractivity contribution in [1.29, 1.82) is 0 Å². The summed E-state index contributed by atoms with van der Waals surface area (Å²) in [5.41, 5.74) is 1.99. The van der Waals surface area contributed by atoms with Crippen LogP contribution in [0, 0.1) is 0 Å². The molecule has 2 aliphatic heterocycles. The van der Waals surface area contributed by atoms with Gasteiger partial charge in [-0.2, -0.15) is 0 Å². The molecule has 0 aromatic heterocycles. The van der Waals surface area contributed by atoms with Crippen LogP contribution in [0.25, 0.3) is 0 Å². The molecule has 2 heterocycles. The molecular weight excluding hydrogens is 424 g/mol. The van der Waals surface area contributed by atoms with E-state index in [-0.39, 0.29) is 18.6 Å². The Hall–Kier alpha value is -2.97. The van der Waals surface area contributed by atoms with Crippen molar-refractivity contribution in [3.8, 4) is 23.0 Å². The zero-order chi connectivity index (χ0) is 23.2. The van der Waals surface area contributed by atoms with Gasteiger partial charge >= 0.3 is 0 Å². The molecule has 1 saturated heterocycles. The fraction of sp³-hybridized carbons (Fsp3) is 0.480. The zero-order valence-corrected chi connectivity index (χ0v) is 19.5. The Balaban J connectivity index is 1.44. The van der Waals surface area contributed by atoms with Gasteiger partial charge in [-0.1, -0.05) is 6.07 Å². The number of hydrogen-bond acceptors (Lipinski definition) is 7. The van der Waals surface area contributed by atoms with Crippen molar-refractivity contribution in [2.75, 3.05) is 59.1 Å². The Kier molecular flexibility index (Phi) is 7.57. The van der Waals surface area contributed by atoms with E-state index in [9.17, 15) is 4.79 Å². The van der Waals surface area contributed by atoms with Crippen LogP contribution in [0.2, 0.25) is 0 Å². The quantitative estimate of drug-likeness (QED) is 0.605. The van der Waals surface area contributed by atoms with Crippen LogP contribution in [0.15, 0.2) is 36.4 Å². The monoisotopic (exact) mass is 456 g/mol. The van der Waals surface area contributed by atoms with Crippen LogP contribution in [0.1, 0.15) is 18.4 Å². The maximum absolute atomic E-state index is 13.0. The largest absolute Gasteiger partial charge is 0.493 e. The molecule has 0 spiro atoms. The van der Waals surface area contributed by atoms with Crippen LogP contribution < -0.4 is 23.8 Å². The number of anilines is 1. The Labute approximate surface area is 194 Å². The van der Waals surface area contributed by atoms with E-state index in [0.29, 0.717) is 24.7 Å². The van der Waals surface area contributed by atoms with Gasteiger partial charge in [0.25, 0.3) is 5.91 Å². The fourth-order valence-electron chi connectivity index (χ4n) is 4.51. The summed E-state index contributed by atoms with van der Waals surface area (Å²) in [5, 5.41) is 0. The number of rotatable bonds is 8. The SMILES string of the molecule is COCC(=O)N(c1ccc(OC)c(OC)c1)C1CCN(Cc2ccc3c(c2)OCCO3)CC1. The number of fused-ring (bicyclic) bond motifs is 1. The third kappa shape index (κ3) is 5.34. The lowest BCUT2D eigenvalue weighted by atomic mass is 10.0. The molecule has 4 rings (SSSR count). The lowest BCUT2D eigenvalue weighted by molar-refractivity contribution is -0.122. The summed E-state index contributed by atoms with van der Waals surface area (Å²) < 4.78 is 27.3. The minimum Gasteiger partial charge on any atom is -0.493 e. The van der Waals surface area contributed by atoms with Crippen molar-refractivity contribution in [3.63, 3.8) is 0 Å². The van der Waals surface area contributed by atoms with E-state index >= 15 is 0 Å². The second-order valence-corrected chi connectivity index (χ2v) is 8.22. The molecule has 0 unspecified atom stereocenters. The van der Waals surface area contributed by atoms with Gasteiger partial charge in [0.15, 0.2) is 23.0 Å². The van der Waals surface area contributed by atoms with E-state index in [1.807, 2.05) is 29.2 Å². The first-order chi connectivity index (χ1) is 16.1. The van der Waals surface area contributed by atoms with Crippen molar-refractivity contribution >= 4 is 11.6 Å². The van der Waals surface area contributed by atoms with Gasteiger partial charge in [0, 0.05) is 44.5 Å². The van der Waals surface area contributed by atoms with Gasteiger partial charge in [-0.25, -0.2) is 0 Å². The lowest BCUT2D eigenvalue weighted by Crippen LogP contribution is -2.48. The van der Waals surface area contributed by atoms with Crippen LogP contribution in [-0.2, 0) is 16.1 Å². The van der Waals surface area contributed by atoms with Gasteiger partial charge in [-0.15, -0.1) is 0 Å². The van der Waals surface area contributed by atoms with E-state index < -0.39 is 0 Å². The van der Waals surface area contributed by atoms with Crippen molar-refractivity contribution in [2.24, 2.45) is 0 Å². The van der Waals surface area contributed by atoms with Crippen molar-refractivity contribution < 1.29 is 28.5 Å². The third-order valence-corrected chi connectivity index (χ3v) is 6.12. The molecule has 0 aliphatic carbocycles. The molecule has 0 saturated carbocycles. The highest BCUT2D eigenvalue weighted by molar-refractivity contribution is 5.95. The Morgan fingerprint density at radius 2 is 1.70 bits per heavy atom. The number of ether oxygens (including phenoxy) is 5. The number of benzene rings is 2. The molecule has 178 valence electrons. The summed E-state index contributed by atoms with van der Waals surface area (Å²) in [7, 11) is 4.74. The average molecular weight is 457 g/mol. The first-order valence-electron chi connectivity index (χ1n) is 11.3. The van der Waals surface area contributed by atoms with Gasteiger partial charge in [0.1, 0.15) is 19.8 Å². The van der Waals surface area contributed by atoms with Gasteiger partial charge in [-0.3, -0.25) is 9.69 Å². The summed E-state index contributed by atoms with van der Waals surface area (Å²) in [6, 6.07) is 11.8. The van der Waals surface area contributed by atoms with Crippen LogP contribution in [0.5, 0.6) is 23.0 Å². The van der Waals surface area contributed by atoms with Gasteiger partial charge in [0.2, 0.25) is 0 Å².